The number of nitrogens with one attached hydrogen (secondary N) is 1. The quantitative estimate of drug-likeness (QED) is 0.673. The molecule has 6 nitrogen and oxygen atoms in total. The SMILES string of the molecule is COC(=O)c1sccc1NC1CC(=O)N(C(C)C)C1=O. The molecule has 108 valence electrons. The van der Waals surface area contributed by atoms with Gasteiger partial charge in [-0.25, -0.2) is 4.79 Å². The molecular formula is C13H16N2O4S. The van der Waals surface area contributed by atoms with Crippen LogP contribution in [0, 0.1) is 0 Å². The van der Waals surface area contributed by atoms with Gasteiger partial charge < -0.3 is 10.1 Å². The Morgan fingerprint density at radius 1 is 1.50 bits per heavy atom. The van der Waals surface area contributed by atoms with E-state index in [1.54, 1.807) is 25.3 Å². The highest BCUT2D eigenvalue weighted by atomic mass is 32.1. The standard InChI is InChI=1S/C13H16N2O4S/c1-7(2)15-10(16)6-9(12(15)17)14-8-4-5-20-11(8)13(18)19-3/h4-5,7,9,14H,6H2,1-3H3. The molecule has 1 saturated heterocycles. The largest absolute Gasteiger partial charge is 0.465 e. The first-order valence-corrected chi connectivity index (χ1v) is 7.12. The molecule has 1 aromatic rings. The number of hydrogen-bond acceptors (Lipinski definition) is 6. The van der Waals surface area contributed by atoms with Crippen LogP contribution in [0.4, 0.5) is 5.69 Å². The van der Waals surface area contributed by atoms with Crippen LogP contribution in [0.15, 0.2) is 11.4 Å². The highest BCUT2D eigenvalue weighted by Gasteiger charge is 2.40. The van der Waals surface area contributed by atoms with Crippen LogP contribution >= 0.6 is 11.3 Å². The molecular weight excluding hydrogens is 280 g/mol. The van der Waals surface area contributed by atoms with Crippen molar-refractivity contribution in [2.45, 2.75) is 32.4 Å². The summed E-state index contributed by atoms with van der Waals surface area (Å²) in [5, 5.41) is 4.70. The number of ether oxygens (including phenoxy) is 1. The number of hydrogen-bond donors (Lipinski definition) is 1. The van der Waals surface area contributed by atoms with Gasteiger partial charge in [0.25, 0.3) is 5.91 Å². The highest BCUT2D eigenvalue weighted by Crippen LogP contribution is 2.27. The molecule has 0 bridgehead atoms. The summed E-state index contributed by atoms with van der Waals surface area (Å²) in [5.74, 6) is -0.913. The zero-order valence-electron chi connectivity index (χ0n) is 11.5. The van der Waals surface area contributed by atoms with Crippen LogP contribution in [0.2, 0.25) is 0 Å². The van der Waals surface area contributed by atoms with Gasteiger partial charge in [0.05, 0.1) is 19.2 Å². The van der Waals surface area contributed by atoms with Crippen LogP contribution in [0.5, 0.6) is 0 Å². The number of carbonyl (C=O) groups is 3. The van der Waals surface area contributed by atoms with Crippen LogP contribution in [-0.4, -0.2) is 41.9 Å². The molecule has 1 atom stereocenters. The Morgan fingerprint density at radius 3 is 2.75 bits per heavy atom. The average Bonchev–Trinajstić information content (AvgIpc) is 2.94. The van der Waals surface area contributed by atoms with Gasteiger partial charge in [-0.1, -0.05) is 0 Å². The van der Waals surface area contributed by atoms with Gasteiger partial charge in [0.15, 0.2) is 0 Å². The predicted molar refractivity (Wildman–Crippen MR) is 74.7 cm³/mol. The molecule has 1 N–H and O–H groups in total. The van der Waals surface area contributed by atoms with Crippen molar-refractivity contribution in [2.24, 2.45) is 0 Å². The van der Waals surface area contributed by atoms with E-state index in [4.69, 9.17) is 0 Å². The molecule has 1 aliphatic rings. The van der Waals surface area contributed by atoms with Crippen LogP contribution in [0.1, 0.15) is 29.9 Å². The summed E-state index contributed by atoms with van der Waals surface area (Å²) in [4.78, 5) is 37.2. The zero-order valence-corrected chi connectivity index (χ0v) is 12.3. The van der Waals surface area contributed by atoms with Gasteiger partial charge in [0.1, 0.15) is 10.9 Å². The third-order valence-corrected chi connectivity index (χ3v) is 3.96. The Hall–Kier alpha value is -1.89. The summed E-state index contributed by atoms with van der Waals surface area (Å²) in [6, 6.07) is 0.916. The molecule has 2 heterocycles. The number of esters is 1. The molecule has 20 heavy (non-hydrogen) atoms. The normalized spacial score (nSPS) is 18.8. The molecule has 0 aromatic carbocycles. The van der Waals surface area contributed by atoms with Gasteiger partial charge >= 0.3 is 5.97 Å². The van der Waals surface area contributed by atoms with Crippen molar-refractivity contribution in [3.05, 3.63) is 16.3 Å². The van der Waals surface area contributed by atoms with E-state index in [0.29, 0.717) is 10.6 Å². The van der Waals surface area contributed by atoms with Crippen molar-refractivity contribution >= 4 is 34.8 Å². The van der Waals surface area contributed by atoms with E-state index in [2.05, 4.69) is 10.1 Å². The number of amides is 2. The number of carbonyl (C=O) groups excluding carboxylic acids is 3. The number of rotatable bonds is 4. The van der Waals surface area contributed by atoms with E-state index in [9.17, 15) is 14.4 Å². The molecule has 0 saturated carbocycles. The predicted octanol–water partition coefficient (Wildman–Crippen LogP) is 1.48. The Morgan fingerprint density at radius 2 is 2.20 bits per heavy atom. The first-order chi connectivity index (χ1) is 9.45. The van der Waals surface area contributed by atoms with Crippen molar-refractivity contribution in [1.29, 1.82) is 0 Å². The maximum absolute atomic E-state index is 12.2. The van der Waals surface area contributed by atoms with Gasteiger partial charge in [0, 0.05) is 6.04 Å². The lowest BCUT2D eigenvalue weighted by Gasteiger charge is -2.19. The van der Waals surface area contributed by atoms with Crippen molar-refractivity contribution in [3.8, 4) is 0 Å². The number of likely N-dealkylation sites (tertiary alicyclic amines) is 1. The van der Waals surface area contributed by atoms with E-state index in [1.807, 2.05) is 0 Å². The first kappa shape index (κ1) is 14.5. The van der Waals surface area contributed by atoms with Gasteiger partial charge in [-0.15, -0.1) is 11.3 Å². The minimum atomic E-state index is -0.622. The summed E-state index contributed by atoms with van der Waals surface area (Å²) in [6.45, 7) is 3.59. The Labute approximate surface area is 120 Å². The fraction of sp³-hybridized carbons (Fsp3) is 0.462. The Kier molecular flexibility index (Phi) is 4.08. The minimum absolute atomic E-state index is 0.105. The molecule has 2 amide bonds. The second-order valence-electron chi connectivity index (χ2n) is 4.75. The minimum Gasteiger partial charge on any atom is -0.465 e. The van der Waals surface area contributed by atoms with Gasteiger partial charge in [-0.05, 0) is 25.3 Å². The van der Waals surface area contributed by atoms with Crippen LogP contribution in [0.3, 0.4) is 0 Å². The van der Waals surface area contributed by atoms with Crippen molar-refractivity contribution in [2.75, 3.05) is 12.4 Å². The summed E-state index contributed by atoms with van der Waals surface area (Å²) < 4.78 is 4.68. The molecule has 2 rings (SSSR count). The van der Waals surface area contributed by atoms with Crippen LogP contribution in [-0.2, 0) is 14.3 Å². The maximum atomic E-state index is 12.2. The topological polar surface area (TPSA) is 75.7 Å². The molecule has 0 aliphatic carbocycles. The first-order valence-electron chi connectivity index (χ1n) is 6.24. The molecule has 1 unspecified atom stereocenters. The third kappa shape index (κ3) is 2.53. The second-order valence-corrected chi connectivity index (χ2v) is 5.67. The number of nitrogens with zero attached hydrogens (tertiary/aromatic N) is 1. The smallest absolute Gasteiger partial charge is 0.350 e. The monoisotopic (exact) mass is 296 g/mol. The van der Waals surface area contributed by atoms with E-state index >= 15 is 0 Å². The molecule has 0 spiro atoms. The molecule has 1 aliphatic heterocycles. The van der Waals surface area contributed by atoms with Crippen molar-refractivity contribution in [3.63, 3.8) is 0 Å². The summed E-state index contributed by atoms with van der Waals surface area (Å²) >= 11 is 1.23. The fourth-order valence-electron chi connectivity index (χ4n) is 2.17. The lowest BCUT2D eigenvalue weighted by Crippen LogP contribution is -2.39. The summed E-state index contributed by atoms with van der Waals surface area (Å²) in [6.07, 6.45) is 0.105. The zero-order chi connectivity index (χ0) is 14.9. The second kappa shape index (κ2) is 5.62. The number of thiophene rings is 1. The number of methoxy groups -OCH3 is 1. The average molecular weight is 296 g/mol. The number of imide groups is 1. The lowest BCUT2D eigenvalue weighted by atomic mass is 10.2. The maximum Gasteiger partial charge on any atom is 0.350 e. The lowest BCUT2D eigenvalue weighted by molar-refractivity contribution is -0.140. The highest BCUT2D eigenvalue weighted by molar-refractivity contribution is 7.12. The fourth-order valence-corrected chi connectivity index (χ4v) is 2.94. The molecule has 7 heteroatoms. The molecule has 1 aromatic heterocycles. The van der Waals surface area contributed by atoms with Crippen LogP contribution in [0.25, 0.3) is 0 Å². The van der Waals surface area contributed by atoms with E-state index in [0.717, 1.165) is 0 Å². The van der Waals surface area contributed by atoms with E-state index in [-0.39, 0.29) is 24.3 Å². The Balaban J connectivity index is 2.16. The number of anilines is 1. The Bertz CT molecular complexity index is 552. The van der Waals surface area contributed by atoms with E-state index in [1.165, 1.54) is 23.3 Å². The molecule has 1 fully saturated rings. The van der Waals surface area contributed by atoms with Gasteiger partial charge in [-0.3, -0.25) is 14.5 Å². The van der Waals surface area contributed by atoms with Crippen molar-refractivity contribution in [1.82, 2.24) is 4.90 Å². The van der Waals surface area contributed by atoms with Gasteiger partial charge in [-0.2, -0.15) is 0 Å². The summed E-state index contributed by atoms with van der Waals surface area (Å²) in [5.41, 5.74) is 0.526. The van der Waals surface area contributed by atoms with Crippen molar-refractivity contribution < 1.29 is 19.1 Å². The van der Waals surface area contributed by atoms with E-state index < -0.39 is 12.0 Å². The third-order valence-electron chi connectivity index (χ3n) is 3.07. The molecule has 0 radical (unpaired) electrons. The van der Waals surface area contributed by atoms with Crippen LogP contribution < -0.4 is 5.32 Å². The van der Waals surface area contributed by atoms with Gasteiger partial charge in [0.2, 0.25) is 5.91 Å². The summed E-state index contributed by atoms with van der Waals surface area (Å²) in [7, 11) is 1.30.